The molecule has 0 radical (unpaired) electrons. The quantitative estimate of drug-likeness (QED) is 0.403. The Labute approximate surface area is 219 Å². The Kier molecular flexibility index (Phi) is 6.87. The summed E-state index contributed by atoms with van der Waals surface area (Å²) in [6, 6.07) is 14.6. The summed E-state index contributed by atoms with van der Waals surface area (Å²) in [7, 11) is 1.48. The molecule has 0 spiro atoms. The van der Waals surface area contributed by atoms with E-state index in [1.165, 1.54) is 25.4 Å². The van der Waals surface area contributed by atoms with Gasteiger partial charge in [0.2, 0.25) is 11.8 Å². The molecule has 0 aliphatic carbocycles. The third kappa shape index (κ3) is 4.97. The second-order valence-corrected chi connectivity index (χ2v) is 9.25. The van der Waals surface area contributed by atoms with Crippen molar-refractivity contribution in [2.24, 2.45) is 0 Å². The Morgan fingerprint density at radius 2 is 1.97 bits per heavy atom. The summed E-state index contributed by atoms with van der Waals surface area (Å²) in [5.41, 5.74) is 1.25. The molecule has 3 heterocycles. The monoisotopic (exact) mass is 517 g/mol. The van der Waals surface area contributed by atoms with Crippen molar-refractivity contribution < 1.29 is 23.8 Å². The van der Waals surface area contributed by atoms with Crippen LogP contribution in [0.3, 0.4) is 0 Å². The number of nitrogens with one attached hydrogen (secondary N) is 1. The Morgan fingerprint density at radius 3 is 2.74 bits per heavy atom. The fourth-order valence-corrected chi connectivity index (χ4v) is 4.86. The number of pyridine rings is 1. The third-order valence-corrected chi connectivity index (χ3v) is 6.77. The predicted molar refractivity (Wildman–Crippen MR) is 142 cm³/mol. The number of hydrogen-bond donors (Lipinski definition) is 2. The van der Waals surface area contributed by atoms with Gasteiger partial charge in [-0.1, -0.05) is 18.2 Å². The van der Waals surface area contributed by atoms with Crippen molar-refractivity contribution >= 4 is 34.0 Å². The minimum Gasteiger partial charge on any atom is -0.494 e. The topological polar surface area (TPSA) is 99.9 Å². The number of fused-ring (bicyclic) bond motifs is 1. The predicted octanol–water partition coefficient (Wildman–Crippen LogP) is 3.88. The van der Waals surface area contributed by atoms with Crippen molar-refractivity contribution in [1.29, 1.82) is 0 Å². The fourth-order valence-electron chi connectivity index (χ4n) is 4.86. The number of halogens is 1. The number of hydrogen-bond acceptors (Lipinski definition) is 6. The number of benzene rings is 2. The van der Waals surface area contributed by atoms with Crippen LogP contribution >= 0.6 is 0 Å². The lowest BCUT2D eigenvalue weighted by Crippen LogP contribution is -2.55. The molecule has 2 aromatic heterocycles. The second-order valence-electron chi connectivity index (χ2n) is 9.25. The number of aromatic hydroxyl groups is 1. The normalized spacial score (nSPS) is 15.5. The molecule has 0 unspecified atom stereocenters. The van der Waals surface area contributed by atoms with Gasteiger partial charge in [-0.25, -0.2) is 9.37 Å². The first-order valence-electron chi connectivity index (χ1n) is 12.3. The van der Waals surface area contributed by atoms with Crippen LogP contribution in [-0.2, 0) is 11.3 Å². The highest BCUT2D eigenvalue weighted by atomic mass is 19.1. The van der Waals surface area contributed by atoms with Crippen molar-refractivity contribution in [3.8, 4) is 11.8 Å². The average Bonchev–Trinajstić information content (AvgIpc) is 3.23. The van der Waals surface area contributed by atoms with Gasteiger partial charge in [-0.05, 0) is 37.3 Å². The molecule has 0 saturated carbocycles. The highest BCUT2D eigenvalue weighted by molar-refractivity contribution is 6.08. The molecule has 5 rings (SSSR count). The van der Waals surface area contributed by atoms with Crippen LogP contribution in [0.1, 0.15) is 17.3 Å². The number of piperazine rings is 1. The number of rotatable bonds is 6. The molecular weight excluding hydrogens is 489 g/mol. The van der Waals surface area contributed by atoms with Crippen LogP contribution in [0.2, 0.25) is 0 Å². The van der Waals surface area contributed by atoms with Gasteiger partial charge in [0, 0.05) is 66.3 Å². The van der Waals surface area contributed by atoms with Gasteiger partial charge in [0.05, 0.1) is 12.7 Å². The van der Waals surface area contributed by atoms with E-state index in [1.54, 1.807) is 33.9 Å². The van der Waals surface area contributed by atoms with Crippen molar-refractivity contribution in [3.05, 3.63) is 78.4 Å². The van der Waals surface area contributed by atoms with Gasteiger partial charge in [-0.2, -0.15) is 0 Å². The van der Waals surface area contributed by atoms with E-state index in [2.05, 4.69) is 10.3 Å². The lowest BCUT2D eigenvalue weighted by atomic mass is 10.1. The molecule has 9 nitrogen and oxygen atoms in total. The van der Waals surface area contributed by atoms with E-state index in [9.17, 15) is 19.1 Å². The van der Waals surface area contributed by atoms with Crippen LogP contribution < -0.4 is 15.0 Å². The van der Waals surface area contributed by atoms with E-state index in [4.69, 9.17) is 4.74 Å². The Morgan fingerprint density at radius 1 is 1.16 bits per heavy atom. The first kappa shape index (κ1) is 25.1. The van der Waals surface area contributed by atoms with E-state index < -0.39 is 11.7 Å². The molecule has 1 saturated heterocycles. The number of ether oxygens (including phenoxy) is 1. The third-order valence-electron chi connectivity index (χ3n) is 6.77. The minimum atomic E-state index is -0.521. The highest BCUT2D eigenvalue weighted by Gasteiger charge is 2.30. The molecule has 2 aromatic carbocycles. The maximum atomic E-state index is 14.2. The summed E-state index contributed by atoms with van der Waals surface area (Å²) in [5, 5.41) is 14.9. The fraction of sp³-hybridized carbons (Fsp3) is 0.250. The maximum Gasteiger partial charge on any atom is 0.257 e. The number of carbonyl (C=O) groups excluding carboxylic acids is 2. The average molecular weight is 518 g/mol. The lowest BCUT2D eigenvalue weighted by Gasteiger charge is -2.41. The van der Waals surface area contributed by atoms with Crippen LogP contribution in [0, 0.1) is 5.82 Å². The number of carbonyl (C=O) groups is 2. The Bertz CT molecular complexity index is 1500. The van der Waals surface area contributed by atoms with E-state index in [0.717, 1.165) is 5.39 Å². The first-order chi connectivity index (χ1) is 18.3. The molecule has 1 fully saturated rings. The van der Waals surface area contributed by atoms with Crippen molar-refractivity contribution in [1.82, 2.24) is 14.5 Å². The number of methoxy groups -OCH3 is 1. The van der Waals surface area contributed by atoms with Gasteiger partial charge in [0.1, 0.15) is 12.4 Å². The largest absolute Gasteiger partial charge is 0.494 e. The van der Waals surface area contributed by atoms with E-state index in [1.807, 2.05) is 36.1 Å². The number of nitrogens with zero attached hydrogens (tertiary/aromatic N) is 4. The van der Waals surface area contributed by atoms with Crippen LogP contribution in [0.4, 0.5) is 15.8 Å². The molecular formula is C28H28FN5O4. The van der Waals surface area contributed by atoms with E-state index in [-0.39, 0.29) is 29.9 Å². The standard InChI is InChI=1S/C28H28FN5O4/c1-18-15-32(11-12-34(18)26(35)17-33-16-19-5-3-4-6-22(19)28(33)37)24-8-7-20(29)13-23(24)27(36)31-21-9-10-30-25(14-21)38-2/h3-10,13-14,16,18,37H,11-12,15,17H2,1-2H3,(H,30,31,36)/t18-/m0/s1. The molecule has 38 heavy (non-hydrogen) atoms. The van der Waals surface area contributed by atoms with Crippen molar-refractivity contribution in [2.75, 3.05) is 37.0 Å². The summed E-state index contributed by atoms with van der Waals surface area (Å²) in [4.78, 5) is 34.1. The molecule has 0 bridgehead atoms. The van der Waals surface area contributed by atoms with Crippen LogP contribution in [0.5, 0.6) is 11.8 Å². The Balaban J connectivity index is 1.30. The number of amides is 2. The smallest absolute Gasteiger partial charge is 0.257 e. The summed E-state index contributed by atoms with van der Waals surface area (Å²) in [6.45, 7) is 3.29. The first-order valence-corrected chi connectivity index (χ1v) is 12.3. The molecule has 2 N–H and O–H groups in total. The molecule has 4 aromatic rings. The van der Waals surface area contributed by atoms with Crippen LogP contribution in [-0.4, -0.2) is 64.2 Å². The van der Waals surface area contributed by atoms with Crippen LogP contribution in [0.25, 0.3) is 10.8 Å². The maximum absolute atomic E-state index is 14.2. The molecule has 1 atom stereocenters. The highest BCUT2D eigenvalue weighted by Crippen LogP contribution is 2.29. The van der Waals surface area contributed by atoms with E-state index >= 15 is 0 Å². The van der Waals surface area contributed by atoms with Gasteiger partial charge < -0.3 is 29.5 Å². The van der Waals surface area contributed by atoms with Crippen molar-refractivity contribution in [2.45, 2.75) is 19.5 Å². The van der Waals surface area contributed by atoms with Gasteiger partial charge in [-0.15, -0.1) is 0 Å². The minimum absolute atomic E-state index is 0.0183. The second kappa shape index (κ2) is 10.4. The molecule has 196 valence electrons. The number of aromatic nitrogens is 2. The summed E-state index contributed by atoms with van der Waals surface area (Å²) < 4.78 is 20.8. The zero-order valence-electron chi connectivity index (χ0n) is 21.1. The zero-order chi connectivity index (χ0) is 26.8. The van der Waals surface area contributed by atoms with Gasteiger partial charge in [0.25, 0.3) is 5.91 Å². The lowest BCUT2D eigenvalue weighted by molar-refractivity contribution is -0.134. The zero-order valence-corrected chi connectivity index (χ0v) is 21.1. The summed E-state index contributed by atoms with van der Waals surface area (Å²) in [6.07, 6.45) is 3.28. The van der Waals surface area contributed by atoms with E-state index in [0.29, 0.717) is 42.3 Å². The van der Waals surface area contributed by atoms with Crippen molar-refractivity contribution in [3.63, 3.8) is 0 Å². The van der Waals surface area contributed by atoms with Gasteiger partial charge in [-0.3, -0.25) is 9.59 Å². The molecule has 1 aliphatic heterocycles. The molecule has 1 aliphatic rings. The number of anilines is 2. The van der Waals surface area contributed by atoms with Gasteiger partial charge >= 0.3 is 0 Å². The summed E-state index contributed by atoms with van der Waals surface area (Å²) >= 11 is 0. The van der Waals surface area contributed by atoms with Gasteiger partial charge in [0.15, 0.2) is 5.88 Å². The molecule has 2 amide bonds. The molecule has 10 heteroatoms. The van der Waals surface area contributed by atoms with Crippen LogP contribution in [0.15, 0.2) is 67.0 Å². The Hall–Kier alpha value is -4.60. The SMILES string of the molecule is COc1cc(NC(=O)c2cc(F)ccc2N2CCN(C(=O)Cn3cc4ccccc4c3O)[C@@H](C)C2)ccn1. The summed E-state index contributed by atoms with van der Waals surface area (Å²) in [5.74, 6) is -0.690.